The molecule has 0 atom stereocenters. The van der Waals surface area contributed by atoms with Gasteiger partial charge in [-0.1, -0.05) is 66.7 Å². The fourth-order valence-corrected chi connectivity index (χ4v) is 2.57. The molecule has 108 valence electrons. The van der Waals surface area contributed by atoms with Gasteiger partial charge in [-0.25, -0.2) is 0 Å². The standard InChI is InChI=1S/C21H19N/c1-17-10-9-11-19(16-17)18(2)22(20-12-5-3-6-13-20)21-14-7-4-8-15-21/h3-16H,2H2,1H3. The van der Waals surface area contributed by atoms with Gasteiger partial charge in [-0.3, -0.25) is 0 Å². The third-order valence-corrected chi connectivity index (χ3v) is 3.65. The van der Waals surface area contributed by atoms with Crippen LogP contribution in [0.15, 0.2) is 91.5 Å². The Labute approximate surface area is 132 Å². The van der Waals surface area contributed by atoms with Crippen LogP contribution in [-0.2, 0) is 0 Å². The molecule has 0 fully saturated rings. The summed E-state index contributed by atoms with van der Waals surface area (Å²) >= 11 is 0. The van der Waals surface area contributed by atoms with E-state index in [0.717, 1.165) is 22.6 Å². The minimum Gasteiger partial charge on any atom is -0.311 e. The average molecular weight is 285 g/mol. The summed E-state index contributed by atoms with van der Waals surface area (Å²) in [5, 5.41) is 0. The van der Waals surface area contributed by atoms with Gasteiger partial charge in [-0.2, -0.15) is 0 Å². The van der Waals surface area contributed by atoms with Gasteiger partial charge in [0, 0.05) is 17.1 Å². The van der Waals surface area contributed by atoms with Gasteiger partial charge in [-0.05, 0) is 42.8 Å². The lowest BCUT2D eigenvalue weighted by Crippen LogP contribution is -2.14. The molecular weight excluding hydrogens is 266 g/mol. The Balaban J connectivity index is 2.08. The van der Waals surface area contributed by atoms with Crippen molar-refractivity contribution in [1.82, 2.24) is 0 Å². The van der Waals surface area contributed by atoms with Gasteiger partial charge in [-0.15, -0.1) is 0 Å². The highest BCUT2D eigenvalue weighted by molar-refractivity contribution is 5.86. The van der Waals surface area contributed by atoms with Crippen LogP contribution in [0.1, 0.15) is 11.1 Å². The van der Waals surface area contributed by atoms with Gasteiger partial charge < -0.3 is 4.90 Å². The van der Waals surface area contributed by atoms with Crippen LogP contribution in [0.4, 0.5) is 11.4 Å². The molecule has 0 bridgehead atoms. The Bertz CT molecular complexity index is 721. The molecule has 0 amide bonds. The molecular formula is C21H19N. The normalized spacial score (nSPS) is 10.2. The van der Waals surface area contributed by atoms with Crippen molar-refractivity contribution >= 4 is 17.1 Å². The van der Waals surface area contributed by atoms with E-state index < -0.39 is 0 Å². The molecule has 0 spiro atoms. The van der Waals surface area contributed by atoms with E-state index in [1.165, 1.54) is 5.56 Å². The number of hydrogen-bond acceptors (Lipinski definition) is 1. The molecule has 0 aliphatic carbocycles. The quantitative estimate of drug-likeness (QED) is 0.585. The van der Waals surface area contributed by atoms with Gasteiger partial charge in [0.25, 0.3) is 0 Å². The Morgan fingerprint density at radius 3 is 1.77 bits per heavy atom. The summed E-state index contributed by atoms with van der Waals surface area (Å²) in [4.78, 5) is 2.19. The van der Waals surface area contributed by atoms with Crippen molar-refractivity contribution in [3.63, 3.8) is 0 Å². The number of hydrogen-bond donors (Lipinski definition) is 0. The predicted octanol–water partition coefficient (Wildman–Crippen LogP) is 5.80. The van der Waals surface area contributed by atoms with Crippen molar-refractivity contribution in [2.24, 2.45) is 0 Å². The Kier molecular flexibility index (Phi) is 4.06. The summed E-state index contributed by atoms with van der Waals surface area (Å²) in [6.45, 7) is 6.45. The average Bonchev–Trinajstić information content (AvgIpc) is 2.57. The second kappa shape index (κ2) is 6.31. The first-order valence-corrected chi connectivity index (χ1v) is 7.42. The van der Waals surface area contributed by atoms with Crippen molar-refractivity contribution in [2.45, 2.75) is 6.92 Å². The first-order chi connectivity index (χ1) is 10.8. The summed E-state index contributed by atoms with van der Waals surface area (Å²) in [5.74, 6) is 0. The number of rotatable bonds is 4. The molecule has 3 rings (SSSR count). The summed E-state index contributed by atoms with van der Waals surface area (Å²) < 4.78 is 0. The number of aryl methyl sites for hydroxylation is 1. The third kappa shape index (κ3) is 2.94. The molecule has 0 aliphatic heterocycles. The van der Waals surface area contributed by atoms with Crippen molar-refractivity contribution in [3.8, 4) is 0 Å². The number of anilines is 2. The van der Waals surface area contributed by atoms with Crippen molar-refractivity contribution in [3.05, 3.63) is 103 Å². The van der Waals surface area contributed by atoms with E-state index in [4.69, 9.17) is 0 Å². The molecule has 0 aliphatic rings. The van der Waals surface area contributed by atoms with Gasteiger partial charge in [0.05, 0.1) is 0 Å². The van der Waals surface area contributed by atoms with Crippen LogP contribution in [0.3, 0.4) is 0 Å². The lowest BCUT2D eigenvalue weighted by molar-refractivity contribution is 1.29. The molecule has 3 aromatic rings. The third-order valence-electron chi connectivity index (χ3n) is 3.65. The molecule has 1 heteroatoms. The monoisotopic (exact) mass is 285 g/mol. The van der Waals surface area contributed by atoms with Gasteiger partial charge in [0.2, 0.25) is 0 Å². The first kappa shape index (κ1) is 14.2. The largest absolute Gasteiger partial charge is 0.311 e. The van der Waals surface area contributed by atoms with E-state index in [1.807, 2.05) is 12.1 Å². The molecule has 0 unspecified atom stereocenters. The predicted molar refractivity (Wildman–Crippen MR) is 95.2 cm³/mol. The zero-order valence-corrected chi connectivity index (χ0v) is 12.7. The molecule has 0 N–H and O–H groups in total. The Morgan fingerprint density at radius 2 is 1.27 bits per heavy atom. The maximum Gasteiger partial charge on any atom is 0.0462 e. The highest BCUT2D eigenvalue weighted by Crippen LogP contribution is 2.33. The Morgan fingerprint density at radius 1 is 0.727 bits per heavy atom. The van der Waals surface area contributed by atoms with Crippen molar-refractivity contribution in [2.75, 3.05) is 4.90 Å². The van der Waals surface area contributed by atoms with Gasteiger partial charge in [0.1, 0.15) is 0 Å². The maximum absolute atomic E-state index is 4.35. The van der Waals surface area contributed by atoms with Gasteiger partial charge in [0.15, 0.2) is 0 Å². The summed E-state index contributed by atoms with van der Waals surface area (Å²) in [5.41, 5.74) is 5.56. The van der Waals surface area contributed by atoms with Crippen LogP contribution in [-0.4, -0.2) is 0 Å². The molecule has 0 radical (unpaired) electrons. The van der Waals surface area contributed by atoms with E-state index in [-0.39, 0.29) is 0 Å². The van der Waals surface area contributed by atoms with E-state index in [9.17, 15) is 0 Å². The maximum atomic E-state index is 4.35. The van der Waals surface area contributed by atoms with Crippen molar-refractivity contribution in [1.29, 1.82) is 0 Å². The SMILES string of the molecule is C=C(c1cccc(C)c1)N(c1ccccc1)c1ccccc1. The minimum atomic E-state index is 0.973. The molecule has 22 heavy (non-hydrogen) atoms. The summed E-state index contributed by atoms with van der Waals surface area (Å²) in [6, 6.07) is 29.1. The first-order valence-electron chi connectivity index (χ1n) is 7.42. The van der Waals surface area contributed by atoms with E-state index in [0.29, 0.717) is 0 Å². The highest BCUT2D eigenvalue weighted by atomic mass is 15.1. The zero-order valence-electron chi connectivity index (χ0n) is 12.7. The minimum absolute atomic E-state index is 0.973. The molecule has 3 aromatic carbocycles. The smallest absolute Gasteiger partial charge is 0.0462 e. The van der Waals surface area contributed by atoms with Crippen LogP contribution in [0.25, 0.3) is 5.70 Å². The van der Waals surface area contributed by atoms with Crippen molar-refractivity contribution < 1.29 is 0 Å². The van der Waals surface area contributed by atoms with E-state index in [2.05, 4.69) is 91.2 Å². The lowest BCUT2D eigenvalue weighted by atomic mass is 10.1. The van der Waals surface area contributed by atoms with Gasteiger partial charge >= 0.3 is 0 Å². The Hall–Kier alpha value is -2.80. The fourth-order valence-electron chi connectivity index (χ4n) is 2.57. The highest BCUT2D eigenvalue weighted by Gasteiger charge is 2.14. The van der Waals surface area contributed by atoms with Crippen LogP contribution in [0.5, 0.6) is 0 Å². The topological polar surface area (TPSA) is 3.24 Å². The fraction of sp³-hybridized carbons (Fsp3) is 0.0476. The second-order valence-corrected chi connectivity index (χ2v) is 5.32. The molecule has 0 saturated carbocycles. The number of para-hydroxylation sites is 2. The molecule has 1 nitrogen and oxygen atoms in total. The van der Waals surface area contributed by atoms with Crippen LogP contribution in [0.2, 0.25) is 0 Å². The van der Waals surface area contributed by atoms with Crippen LogP contribution >= 0.6 is 0 Å². The van der Waals surface area contributed by atoms with E-state index >= 15 is 0 Å². The van der Waals surface area contributed by atoms with Crippen LogP contribution in [0, 0.1) is 6.92 Å². The molecule has 0 heterocycles. The lowest BCUT2D eigenvalue weighted by Gasteiger charge is -2.27. The molecule has 0 saturated heterocycles. The summed E-state index contributed by atoms with van der Waals surface area (Å²) in [6.07, 6.45) is 0. The number of nitrogens with zero attached hydrogens (tertiary/aromatic N) is 1. The second-order valence-electron chi connectivity index (χ2n) is 5.32. The zero-order chi connectivity index (χ0) is 15.4. The number of benzene rings is 3. The molecule has 0 aromatic heterocycles. The van der Waals surface area contributed by atoms with E-state index in [1.54, 1.807) is 0 Å². The van der Waals surface area contributed by atoms with Crippen LogP contribution < -0.4 is 4.90 Å². The summed E-state index contributed by atoms with van der Waals surface area (Å²) in [7, 11) is 0.